The number of hydrogen-bond acceptors (Lipinski definition) is 4. The van der Waals surface area contributed by atoms with Gasteiger partial charge in [-0.15, -0.1) is 0 Å². The Morgan fingerprint density at radius 1 is 1.29 bits per heavy atom. The van der Waals surface area contributed by atoms with Crippen LogP contribution in [0.3, 0.4) is 0 Å². The van der Waals surface area contributed by atoms with Crippen LogP contribution in [0.15, 0.2) is 0 Å². The fraction of sp³-hybridized carbons (Fsp3) is 0.875. The van der Waals surface area contributed by atoms with Crippen molar-refractivity contribution in [3.05, 3.63) is 0 Å². The minimum absolute atomic E-state index is 0.0790. The number of nitrogens with two attached hydrogens (primary N) is 1. The summed E-state index contributed by atoms with van der Waals surface area (Å²) in [6.45, 7) is 1.46. The molecule has 0 bridgehead atoms. The molecule has 1 saturated heterocycles. The Morgan fingerprint density at radius 3 is 2.36 bits per heavy atom. The monoisotopic (exact) mass is 220 g/mol. The van der Waals surface area contributed by atoms with Crippen LogP contribution in [0, 0.1) is 0 Å². The molecule has 0 aromatic heterocycles. The molecule has 0 aliphatic carbocycles. The second-order valence-corrected chi connectivity index (χ2v) is 5.65. The molecule has 1 heterocycles. The maximum atomic E-state index is 11.4. The standard InChI is InChI=1S/C8H16N2O3S/c9-3-6-14(12,13)7-8(11)10-4-1-2-5-10/h1-7,9H2. The third-order valence-electron chi connectivity index (χ3n) is 2.23. The SMILES string of the molecule is NCCS(=O)(=O)CC(=O)N1CCCC1. The maximum absolute atomic E-state index is 11.4. The van der Waals surface area contributed by atoms with Gasteiger partial charge in [0.05, 0.1) is 5.75 Å². The van der Waals surface area contributed by atoms with E-state index in [1.807, 2.05) is 0 Å². The molecule has 0 saturated carbocycles. The summed E-state index contributed by atoms with van der Waals surface area (Å²) in [4.78, 5) is 13.0. The van der Waals surface area contributed by atoms with Gasteiger partial charge in [0.25, 0.3) is 0 Å². The normalized spacial score (nSPS) is 17.4. The third-order valence-corrected chi connectivity index (χ3v) is 3.78. The van der Waals surface area contributed by atoms with Crippen molar-refractivity contribution in [1.82, 2.24) is 4.90 Å². The molecule has 0 unspecified atom stereocenters. The van der Waals surface area contributed by atoms with Crippen LogP contribution in [-0.2, 0) is 14.6 Å². The number of rotatable bonds is 4. The molecule has 1 amide bonds. The fourth-order valence-electron chi connectivity index (χ4n) is 1.50. The molecule has 1 rings (SSSR count). The van der Waals surface area contributed by atoms with E-state index < -0.39 is 9.84 Å². The zero-order chi connectivity index (χ0) is 10.6. The summed E-state index contributed by atoms with van der Waals surface area (Å²) in [6, 6.07) is 0. The molecule has 1 fully saturated rings. The largest absolute Gasteiger partial charge is 0.342 e. The molecule has 14 heavy (non-hydrogen) atoms. The van der Waals surface area contributed by atoms with E-state index in [2.05, 4.69) is 0 Å². The van der Waals surface area contributed by atoms with Crippen LogP contribution in [-0.4, -0.2) is 50.4 Å². The highest BCUT2D eigenvalue weighted by Crippen LogP contribution is 2.08. The molecule has 2 N–H and O–H groups in total. The summed E-state index contributed by atoms with van der Waals surface area (Å²) in [5.41, 5.74) is 5.14. The van der Waals surface area contributed by atoms with Crippen LogP contribution >= 0.6 is 0 Å². The van der Waals surface area contributed by atoms with Crippen LogP contribution in [0.2, 0.25) is 0 Å². The number of likely N-dealkylation sites (tertiary alicyclic amines) is 1. The Kier molecular flexibility index (Phi) is 3.88. The first kappa shape index (κ1) is 11.5. The van der Waals surface area contributed by atoms with Gasteiger partial charge in [0.15, 0.2) is 9.84 Å². The summed E-state index contributed by atoms with van der Waals surface area (Å²) in [7, 11) is -3.28. The highest BCUT2D eigenvalue weighted by atomic mass is 32.2. The van der Waals surface area contributed by atoms with Crippen LogP contribution < -0.4 is 5.73 Å². The molecule has 6 heteroatoms. The molecule has 1 aliphatic rings. The maximum Gasteiger partial charge on any atom is 0.237 e. The Hall–Kier alpha value is -0.620. The highest BCUT2D eigenvalue weighted by Gasteiger charge is 2.23. The lowest BCUT2D eigenvalue weighted by molar-refractivity contribution is -0.127. The first-order chi connectivity index (χ1) is 6.55. The second kappa shape index (κ2) is 4.75. The van der Waals surface area contributed by atoms with Crippen molar-refractivity contribution in [3.8, 4) is 0 Å². The van der Waals surface area contributed by atoms with Crippen LogP contribution in [0.25, 0.3) is 0 Å². The quantitative estimate of drug-likeness (QED) is 0.657. The van der Waals surface area contributed by atoms with Crippen molar-refractivity contribution in [2.75, 3.05) is 31.1 Å². The number of carbonyl (C=O) groups is 1. The van der Waals surface area contributed by atoms with Crippen molar-refractivity contribution >= 4 is 15.7 Å². The third kappa shape index (κ3) is 3.26. The lowest BCUT2D eigenvalue weighted by Crippen LogP contribution is -2.35. The van der Waals surface area contributed by atoms with Crippen LogP contribution in [0.5, 0.6) is 0 Å². The van der Waals surface area contributed by atoms with E-state index in [1.54, 1.807) is 4.90 Å². The number of nitrogens with zero attached hydrogens (tertiary/aromatic N) is 1. The number of hydrogen-bond donors (Lipinski definition) is 1. The average Bonchev–Trinajstić information content (AvgIpc) is 2.53. The molecule has 0 aromatic carbocycles. The van der Waals surface area contributed by atoms with Crippen molar-refractivity contribution in [1.29, 1.82) is 0 Å². The fourth-order valence-corrected chi connectivity index (χ4v) is 2.56. The number of sulfone groups is 1. The Bertz CT molecular complexity index is 294. The minimum atomic E-state index is -3.28. The molecule has 0 atom stereocenters. The second-order valence-electron chi connectivity index (χ2n) is 3.47. The number of amides is 1. The van der Waals surface area contributed by atoms with E-state index in [9.17, 15) is 13.2 Å². The zero-order valence-electron chi connectivity index (χ0n) is 8.11. The van der Waals surface area contributed by atoms with Crippen molar-refractivity contribution in [3.63, 3.8) is 0 Å². The van der Waals surface area contributed by atoms with E-state index in [1.165, 1.54) is 0 Å². The van der Waals surface area contributed by atoms with Gasteiger partial charge in [-0.25, -0.2) is 8.42 Å². The smallest absolute Gasteiger partial charge is 0.237 e. The Morgan fingerprint density at radius 2 is 1.86 bits per heavy atom. The molecule has 5 nitrogen and oxygen atoms in total. The zero-order valence-corrected chi connectivity index (χ0v) is 8.92. The van der Waals surface area contributed by atoms with Gasteiger partial charge in [-0.05, 0) is 12.8 Å². The lowest BCUT2D eigenvalue weighted by Gasteiger charge is -2.14. The molecular formula is C8H16N2O3S. The predicted molar refractivity (Wildman–Crippen MR) is 53.5 cm³/mol. The topological polar surface area (TPSA) is 80.5 Å². The summed E-state index contributed by atoms with van der Waals surface area (Å²) < 4.78 is 22.5. The average molecular weight is 220 g/mol. The molecule has 0 aromatic rings. The number of carbonyl (C=O) groups excluding carboxylic acids is 1. The first-order valence-electron chi connectivity index (χ1n) is 4.73. The van der Waals surface area contributed by atoms with E-state index >= 15 is 0 Å². The van der Waals surface area contributed by atoms with E-state index in [0.717, 1.165) is 12.8 Å². The predicted octanol–water partition coefficient (Wildman–Crippen LogP) is -1.02. The highest BCUT2D eigenvalue weighted by molar-refractivity contribution is 7.92. The van der Waals surface area contributed by atoms with Gasteiger partial charge in [0.1, 0.15) is 5.75 Å². The van der Waals surface area contributed by atoms with E-state index in [-0.39, 0.29) is 24.0 Å². The van der Waals surface area contributed by atoms with Gasteiger partial charge < -0.3 is 10.6 Å². The Labute approximate surface area is 84.2 Å². The van der Waals surface area contributed by atoms with Gasteiger partial charge >= 0.3 is 0 Å². The molecule has 0 spiro atoms. The van der Waals surface area contributed by atoms with E-state index in [0.29, 0.717) is 13.1 Å². The molecular weight excluding hydrogens is 204 g/mol. The van der Waals surface area contributed by atoms with Crippen LogP contribution in [0.1, 0.15) is 12.8 Å². The summed E-state index contributed by atoms with van der Waals surface area (Å²) in [5, 5.41) is 0. The minimum Gasteiger partial charge on any atom is -0.342 e. The summed E-state index contributed by atoms with van der Waals surface area (Å²) in [6.07, 6.45) is 1.95. The van der Waals surface area contributed by atoms with Gasteiger partial charge in [0, 0.05) is 19.6 Å². The van der Waals surface area contributed by atoms with Gasteiger partial charge in [0.2, 0.25) is 5.91 Å². The van der Waals surface area contributed by atoms with E-state index in [4.69, 9.17) is 5.73 Å². The first-order valence-corrected chi connectivity index (χ1v) is 6.55. The van der Waals surface area contributed by atoms with Crippen molar-refractivity contribution in [2.45, 2.75) is 12.8 Å². The lowest BCUT2D eigenvalue weighted by atomic mass is 10.4. The molecule has 0 radical (unpaired) electrons. The summed E-state index contributed by atoms with van der Waals surface area (Å²) >= 11 is 0. The van der Waals surface area contributed by atoms with Gasteiger partial charge in [-0.1, -0.05) is 0 Å². The van der Waals surface area contributed by atoms with Crippen LogP contribution in [0.4, 0.5) is 0 Å². The van der Waals surface area contributed by atoms with Gasteiger partial charge in [-0.2, -0.15) is 0 Å². The summed E-state index contributed by atoms with van der Waals surface area (Å²) in [5.74, 6) is -0.771. The molecule has 1 aliphatic heterocycles. The van der Waals surface area contributed by atoms with Crippen molar-refractivity contribution < 1.29 is 13.2 Å². The molecule has 82 valence electrons. The van der Waals surface area contributed by atoms with Crippen molar-refractivity contribution in [2.24, 2.45) is 5.73 Å². The Balaban J connectivity index is 2.47. The van der Waals surface area contributed by atoms with Gasteiger partial charge in [-0.3, -0.25) is 4.79 Å².